The van der Waals surface area contributed by atoms with E-state index in [1.807, 2.05) is 11.0 Å². The van der Waals surface area contributed by atoms with E-state index in [1.54, 1.807) is 12.1 Å². The number of hydrogen-bond acceptors (Lipinski definition) is 4. The van der Waals surface area contributed by atoms with Crippen LogP contribution in [0.25, 0.3) is 0 Å². The number of nitrogens with zero attached hydrogens (tertiary/aromatic N) is 2. The number of rotatable bonds is 4. The van der Waals surface area contributed by atoms with E-state index >= 15 is 0 Å². The van der Waals surface area contributed by atoms with Gasteiger partial charge in [0.15, 0.2) is 0 Å². The van der Waals surface area contributed by atoms with E-state index in [9.17, 15) is 9.90 Å². The highest BCUT2D eigenvalue weighted by molar-refractivity contribution is 5.98. The van der Waals surface area contributed by atoms with Crippen molar-refractivity contribution in [3.05, 3.63) is 29.3 Å². The zero-order valence-electron chi connectivity index (χ0n) is 15.7. The zero-order chi connectivity index (χ0) is 18.1. The molecule has 5 nitrogen and oxygen atoms in total. The van der Waals surface area contributed by atoms with Crippen molar-refractivity contribution in [1.29, 1.82) is 0 Å². The van der Waals surface area contributed by atoms with Crippen LogP contribution >= 0.6 is 0 Å². The number of morpholine rings is 1. The predicted octanol–water partition coefficient (Wildman–Crippen LogP) is 2.88. The quantitative estimate of drug-likeness (QED) is 0.899. The van der Waals surface area contributed by atoms with Gasteiger partial charge < -0.3 is 14.7 Å². The minimum Gasteiger partial charge on any atom is -0.508 e. The summed E-state index contributed by atoms with van der Waals surface area (Å²) in [5.41, 5.74) is 1.72. The number of amides is 1. The highest BCUT2D eigenvalue weighted by atomic mass is 16.5. The van der Waals surface area contributed by atoms with Crippen molar-refractivity contribution in [2.75, 3.05) is 32.8 Å². The van der Waals surface area contributed by atoms with Gasteiger partial charge in [-0.3, -0.25) is 9.69 Å². The summed E-state index contributed by atoms with van der Waals surface area (Å²) in [5.74, 6) is 1.64. The van der Waals surface area contributed by atoms with Crippen LogP contribution in [0.3, 0.4) is 0 Å². The van der Waals surface area contributed by atoms with Gasteiger partial charge in [0.1, 0.15) is 5.75 Å². The lowest BCUT2D eigenvalue weighted by Gasteiger charge is -2.40. The van der Waals surface area contributed by atoms with E-state index in [-0.39, 0.29) is 11.7 Å². The van der Waals surface area contributed by atoms with Crippen LogP contribution in [0.2, 0.25) is 0 Å². The van der Waals surface area contributed by atoms with Crippen LogP contribution in [0.15, 0.2) is 18.2 Å². The topological polar surface area (TPSA) is 53.0 Å². The van der Waals surface area contributed by atoms with Crippen LogP contribution in [0.4, 0.5) is 0 Å². The van der Waals surface area contributed by atoms with Gasteiger partial charge in [0, 0.05) is 37.8 Å². The highest BCUT2D eigenvalue weighted by Gasteiger charge is 2.33. The Balaban J connectivity index is 1.29. The molecule has 2 aliphatic heterocycles. The molecule has 1 amide bonds. The van der Waals surface area contributed by atoms with Crippen molar-refractivity contribution >= 4 is 5.91 Å². The van der Waals surface area contributed by atoms with Crippen molar-refractivity contribution < 1.29 is 14.6 Å². The summed E-state index contributed by atoms with van der Waals surface area (Å²) in [6.07, 6.45) is 4.95. The largest absolute Gasteiger partial charge is 0.508 e. The van der Waals surface area contributed by atoms with E-state index in [0.29, 0.717) is 24.1 Å². The number of ether oxygens (including phenoxy) is 1. The van der Waals surface area contributed by atoms with Crippen LogP contribution in [0.1, 0.15) is 48.5 Å². The third kappa shape index (κ3) is 3.60. The zero-order valence-corrected chi connectivity index (χ0v) is 15.7. The fraction of sp³-hybridized carbons (Fsp3) is 0.667. The second-order valence-corrected chi connectivity index (χ2v) is 8.20. The molecule has 2 heterocycles. The summed E-state index contributed by atoms with van der Waals surface area (Å²) in [6, 6.07) is 5.80. The SMILES string of the molecule is CC(C1CCC(CN2Cc3ccc(O)cc3C2=O)CC1)N1CCOCC1. The molecule has 4 rings (SSSR count). The first-order valence-electron chi connectivity index (χ1n) is 10.0. The van der Waals surface area contributed by atoms with Crippen LogP contribution in [-0.2, 0) is 11.3 Å². The summed E-state index contributed by atoms with van der Waals surface area (Å²) < 4.78 is 5.48. The van der Waals surface area contributed by atoms with Gasteiger partial charge >= 0.3 is 0 Å². The van der Waals surface area contributed by atoms with Crippen LogP contribution < -0.4 is 0 Å². The Labute approximate surface area is 155 Å². The van der Waals surface area contributed by atoms with E-state index in [4.69, 9.17) is 4.74 Å². The Morgan fingerprint density at radius 3 is 2.65 bits per heavy atom. The van der Waals surface area contributed by atoms with Crippen LogP contribution in [-0.4, -0.2) is 59.7 Å². The molecule has 1 unspecified atom stereocenters. The molecule has 1 aliphatic carbocycles. The molecular formula is C21H30N2O3. The molecule has 1 saturated heterocycles. The molecule has 0 spiro atoms. The number of fused-ring (bicyclic) bond motifs is 1. The number of hydrogen-bond donors (Lipinski definition) is 1. The summed E-state index contributed by atoms with van der Waals surface area (Å²) >= 11 is 0. The molecule has 0 aromatic heterocycles. The van der Waals surface area contributed by atoms with Gasteiger partial charge in [-0.25, -0.2) is 0 Å². The Bertz CT molecular complexity index is 649. The summed E-state index contributed by atoms with van der Waals surface area (Å²) in [6.45, 7) is 7.79. The maximum Gasteiger partial charge on any atom is 0.254 e. The molecule has 26 heavy (non-hydrogen) atoms. The van der Waals surface area contributed by atoms with Gasteiger partial charge in [0.2, 0.25) is 0 Å². The molecule has 1 aromatic carbocycles. The molecule has 5 heteroatoms. The third-order valence-corrected chi connectivity index (χ3v) is 6.65. The smallest absolute Gasteiger partial charge is 0.254 e. The monoisotopic (exact) mass is 358 g/mol. The highest BCUT2D eigenvalue weighted by Crippen LogP contribution is 2.35. The van der Waals surface area contributed by atoms with Gasteiger partial charge in [0.25, 0.3) is 5.91 Å². The van der Waals surface area contributed by atoms with Crippen LogP contribution in [0, 0.1) is 11.8 Å². The Kier molecular flexibility index (Phi) is 5.18. The number of phenols is 1. The molecule has 0 bridgehead atoms. The van der Waals surface area contributed by atoms with Gasteiger partial charge in [-0.05, 0) is 62.1 Å². The summed E-state index contributed by atoms with van der Waals surface area (Å²) in [7, 11) is 0. The van der Waals surface area contributed by atoms with Crippen molar-refractivity contribution in [2.45, 2.75) is 45.2 Å². The molecule has 1 saturated carbocycles. The molecule has 1 aromatic rings. The average Bonchev–Trinajstić information content (AvgIpc) is 2.98. The van der Waals surface area contributed by atoms with Gasteiger partial charge in [-0.2, -0.15) is 0 Å². The number of aromatic hydroxyl groups is 1. The van der Waals surface area contributed by atoms with Gasteiger partial charge in [0.05, 0.1) is 13.2 Å². The van der Waals surface area contributed by atoms with Gasteiger partial charge in [-0.15, -0.1) is 0 Å². The molecule has 1 N–H and O–H groups in total. The van der Waals surface area contributed by atoms with Gasteiger partial charge in [-0.1, -0.05) is 6.07 Å². The first kappa shape index (κ1) is 17.8. The van der Waals surface area contributed by atoms with E-state index in [1.165, 1.54) is 25.7 Å². The number of benzene rings is 1. The van der Waals surface area contributed by atoms with Crippen molar-refractivity contribution in [3.63, 3.8) is 0 Å². The molecule has 3 aliphatic rings. The van der Waals surface area contributed by atoms with E-state index in [2.05, 4.69) is 11.8 Å². The predicted molar refractivity (Wildman–Crippen MR) is 100 cm³/mol. The first-order chi connectivity index (χ1) is 12.6. The first-order valence-corrected chi connectivity index (χ1v) is 10.0. The van der Waals surface area contributed by atoms with Crippen LogP contribution in [0.5, 0.6) is 5.75 Å². The Morgan fingerprint density at radius 1 is 1.19 bits per heavy atom. The molecule has 0 radical (unpaired) electrons. The maximum atomic E-state index is 12.6. The van der Waals surface area contributed by atoms with Crippen molar-refractivity contribution in [1.82, 2.24) is 9.80 Å². The summed E-state index contributed by atoms with van der Waals surface area (Å²) in [5, 5.41) is 9.63. The standard InChI is InChI=1S/C21H30N2O3/c1-15(22-8-10-26-11-9-22)17-4-2-16(3-5-17)13-23-14-18-6-7-19(24)12-20(18)21(23)25/h6-7,12,15-17,24H,2-5,8-11,13-14H2,1H3. The fourth-order valence-corrected chi connectivity index (χ4v) is 4.94. The molecule has 1 atom stereocenters. The lowest BCUT2D eigenvalue weighted by Crippen LogP contribution is -2.46. The lowest BCUT2D eigenvalue weighted by atomic mass is 9.78. The second kappa shape index (κ2) is 7.57. The number of carbonyl (C=O) groups excluding carboxylic acids is 1. The summed E-state index contributed by atoms with van der Waals surface area (Å²) in [4.78, 5) is 17.2. The average molecular weight is 358 g/mol. The number of phenolic OH excluding ortho intramolecular Hbond substituents is 1. The molecule has 142 valence electrons. The molecule has 2 fully saturated rings. The number of carbonyl (C=O) groups is 1. The second-order valence-electron chi connectivity index (χ2n) is 8.20. The minimum absolute atomic E-state index is 0.0831. The molecular weight excluding hydrogens is 328 g/mol. The third-order valence-electron chi connectivity index (χ3n) is 6.65. The van der Waals surface area contributed by atoms with E-state index in [0.717, 1.165) is 44.3 Å². The Hall–Kier alpha value is -1.59. The normalized spacial score (nSPS) is 28.2. The van der Waals surface area contributed by atoms with Crippen molar-refractivity contribution in [3.8, 4) is 5.75 Å². The van der Waals surface area contributed by atoms with E-state index < -0.39 is 0 Å². The maximum absolute atomic E-state index is 12.6. The van der Waals surface area contributed by atoms with Crippen molar-refractivity contribution in [2.24, 2.45) is 11.8 Å². The lowest BCUT2D eigenvalue weighted by molar-refractivity contribution is 0.000112. The fourth-order valence-electron chi connectivity index (χ4n) is 4.94. The minimum atomic E-state index is 0.0831. The Morgan fingerprint density at radius 2 is 1.92 bits per heavy atom.